The summed E-state index contributed by atoms with van der Waals surface area (Å²) in [6.45, 7) is 2.16. The van der Waals surface area contributed by atoms with Gasteiger partial charge in [0.15, 0.2) is 0 Å². The van der Waals surface area contributed by atoms with Crippen molar-refractivity contribution >= 4 is 18.0 Å². The van der Waals surface area contributed by atoms with Crippen molar-refractivity contribution in [3.05, 3.63) is 41.5 Å². The van der Waals surface area contributed by atoms with Crippen molar-refractivity contribution in [2.45, 2.75) is 13.3 Å². The third-order valence-electron chi connectivity index (χ3n) is 2.23. The molecule has 0 radical (unpaired) electrons. The number of carbonyl (C=O) groups is 2. The summed E-state index contributed by atoms with van der Waals surface area (Å²) < 4.78 is 9.39. The minimum absolute atomic E-state index is 0.243. The summed E-state index contributed by atoms with van der Waals surface area (Å²) in [7, 11) is 1.34. The van der Waals surface area contributed by atoms with Crippen molar-refractivity contribution in [3.63, 3.8) is 0 Å². The van der Waals surface area contributed by atoms with E-state index in [4.69, 9.17) is 4.74 Å². The highest BCUT2D eigenvalue weighted by Gasteiger charge is 2.03. The van der Waals surface area contributed by atoms with E-state index in [1.807, 2.05) is 0 Å². The highest BCUT2D eigenvalue weighted by Crippen LogP contribution is 2.07. The predicted octanol–water partition coefficient (Wildman–Crippen LogP) is 2.44. The maximum absolute atomic E-state index is 11.2. The SMILES string of the molecule is CCOC(=O)C/C=C/c1ccc(C(=O)OC)cc1. The van der Waals surface area contributed by atoms with Crippen molar-refractivity contribution in [2.75, 3.05) is 13.7 Å². The summed E-state index contributed by atoms with van der Waals surface area (Å²) in [6.07, 6.45) is 3.77. The second-order valence-electron chi connectivity index (χ2n) is 3.53. The normalized spacial score (nSPS) is 10.3. The molecule has 0 N–H and O–H groups in total. The van der Waals surface area contributed by atoms with Gasteiger partial charge in [-0.2, -0.15) is 0 Å². The monoisotopic (exact) mass is 248 g/mol. The van der Waals surface area contributed by atoms with Crippen molar-refractivity contribution in [3.8, 4) is 0 Å². The van der Waals surface area contributed by atoms with Gasteiger partial charge in [0.05, 0.1) is 25.7 Å². The van der Waals surface area contributed by atoms with Gasteiger partial charge in [-0.15, -0.1) is 0 Å². The van der Waals surface area contributed by atoms with E-state index >= 15 is 0 Å². The first-order valence-corrected chi connectivity index (χ1v) is 5.68. The Morgan fingerprint density at radius 1 is 1.22 bits per heavy atom. The van der Waals surface area contributed by atoms with Crippen LogP contribution in [0.4, 0.5) is 0 Å². The van der Waals surface area contributed by atoms with Crippen LogP contribution in [0.3, 0.4) is 0 Å². The first-order chi connectivity index (χ1) is 8.67. The van der Waals surface area contributed by atoms with Crippen LogP contribution in [0.5, 0.6) is 0 Å². The third kappa shape index (κ3) is 4.41. The fourth-order valence-corrected chi connectivity index (χ4v) is 1.36. The fraction of sp³-hybridized carbons (Fsp3) is 0.286. The molecule has 1 aromatic rings. The quantitative estimate of drug-likeness (QED) is 0.751. The maximum atomic E-state index is 11.2. The van der Waals surface area contributed by atoms with E-state index in [0.717, 1.165) is 5.56 Å². The second-order valence-corrected chi connectivity index (χ2v) is 3.53. The lowest BCUT2D eigenvalue weighted by molar-refractivity contribution is -0.142. The molecule has 0 unspecified atom stereocenters. The highest BCUT2D eigenvalue weighted by atomic mass is 16.5. The number of benzene rings is 1. The van der Waals surface area contributed by atoms with Crippen LogP contribution in [-0.4, -0.2) is 25.7 Å². The smallest absolute Gasteiger partial charge is 0.337 e. The number of hydrogen-bond acceptors (Lipinski definition) is 4. The molecule has 96 valence electrons. The molecule has 0 saturated heterocycles. The Kier molecular flexibility index (Phi) is 5.64. The van der Waals surface area contributed by atoms with Crippen LogP contribution in [0.1, 0.15) is 29.3 Å². The molecule has 0 amide bonds. The van der Waals surface area contributed by atoms with Gasteiger partial charge in [-0.3, -0.25) is 4.79 Å². The number of ether oxygens (including phenoxy) is 2. The Morgan fingerprint density at radius 2 is 1.89 bits per heavy atom. The Morgan fingerprint density at radius 3 is 2.44 bits per heavy atom. The van der Waals surface area contributed by atoms with Crippen LogP contribution in [-0.2, 0) is 14.3 Å². The number of esters is 2. The molecule has 1 rings (SSSR count). The van der Waals surface area contributed by atoms with Crippen molar-refractivity contribution < 1.29 is 19.1 Å². The molecule has 0 bridgehead atoms. The molecular formula is C14H16O4. The van der Waals surface area contributed by atoms with Gasteiger partial charge in [0, 0.05) is 0 Å². The number of carbonyl (C=O) groups excluding carboxylic acids is 2. The lowest BCUT2D eigenvalue weighted by Gasteiger charge is -1.99. The molecule has 0 heterocycles. The van der Waals surface area contributed by atoms with Crippen LogP contribution in [0.15, 0.2) is 30.3 Å². The topological polar surface area (TPSA) is 52.6 Å². The molecule has 1 aromatic carbocycles. The van der Waals surface area contributed by atoms with Gasteiger partial charge < -0.3 is 9.47 Å². The first kappa shape index (κ1) is 14.0. The summed E-state index contributed by atoms with van der Waals surface area (Å²) in [5.74, 6) is -0.614. The third-order valence-corrected chi connectivity index (χ3v) is 2.23. The molecular weight excluding hydrogens is 232 g/mol. The van der Waals surface area contributed by atoms with Gasteiger partial charge in [-0.25, -0.2) is 4.79 Å². The van der Waals surface area contributed by atoms with Crippen LogP contribution in [0.2, 0.25) is 0 Å². The van der Waals surface area contributed by atoms with E-state index in [0.29, 0.717) is 12.2 Å². The zero-order chi connectivity index (χ0) is 13.4. The second kappa shape index (κ2) is 7.27. The van der Waals surface area contributed by atoms with Gasteiger partial charge in [0.25, 0.3) is 0 Å². The summed E-state index contributed by atoms with van der Waals surface area (Å²) >= 11 is 0. The predicted molar refractivity (Wildman–Crippen MR) is 68.1 cm³/mol. The van der Waals surface area contributed by atoms with Crippen molar-refractivity contribution in [1.82, 2.24) is 0 Å². The number of rotatable bonds is 5. The van der Waals surface area contributed by atoms with Crippen molar-refractivity contribution in [2.24, 2.45) is 0 Å². The minimum Gasteiger partial charge on any atom is -0.466 e. The molecule has 0 fully saturated rings. The number of methoxy groups -OCH3 is 1. The zero-order valence-electron chi connectivity index (χ0n) is 10.5. The van der Waals surface area contributed by atoms with Crippen LogP contribution in [0.25, 0.3) is 6.08 Å². The molecule has 0 aliphatic carbocycles. The van der Waals surface area contributed by atoms with E-state index in [1.165, 1.54) is 7.11 Å². The Bertz CT molecular complexity index is 432. The van der Waals surface area contributed by atoms with Crippen molar-refractivity contribution in [1.29, 1.82) is 0 Å². The van der Waals surface area contributed by atoms with E-state index in [1.54, 1.807) is 43.3 Å². The Hall–Kier alpha value is -2.10. The molecule has 0 aromatic heterocycles. The van der Waals surface area contributed by atoms with E-state index in [-0.39, 0.29) is 18.4 Å². The molecule has 0 aliphatic heterocycles. The average Bonchev–Trinajstić information content (AvgIpc) is 2.39. The summed E-state index contributed by atoms with van der Waals surface area (Å²) in [5.41, 5.74) is 1.41. The lowest BCUT2D eigenvalue weighted by Crippen LogP contribution is -2.01. The molecule has 4 heteroatoms. The van der Waals surface area contributed by atoms with Gasteiger partial charge in [-0.1, -0.05) is 24.3 Å². The largest absolute Gasteiger partial charge is 0.466 e. The Labute approximate surface area is 106 Å². The van der Waals surface area contributed by atoms with Gasteiger partial charge in [0.2, 0.25) is 0 Å². The van der Waals surface area contributed by atoms with Crippen LogP contribution >= 0.6 is 0 Å². The van der Waals surface area contributed by atoms with E-state index in [2.05, 4.69) is 4.74 Å². The highest BCUT2D eigenvalue weighted by molar-refractivity contribution is 5.89. The zero-order valence-corrected chi connectivity index (χ0v) is 10.5. The molecule has 0 atom stereocenters. The van der Waals surface area contributed by atoms with Gasteiger partial charge >= 0.3 is 11.9 Å². The molecule has 4 nitrogen and oxygen atoms in total. The minimum atomic E-state index is -0.364. The number of hydrogen-bond donors (Lipinski definition) is 0. The summed E-state index contributed by atoms with van der Waals surface area (Å²) in [6, 6.07) is 6.92. The molecule has 18 heavy (non-hydrogen) atoms. The lowest BCUT2D eigenvalue weighted by atomic mass is 10.1. The standard InChI is InChI=1S/C14H16O4/c1-3-18-13(15)6-4-5-11-7-9-12(10-8-11)14(16)17-2/h4-5,7-10H,3,6H2,1-2H3/b5-4+. The first-order valence-electron chi connectivity index (χ1n) is 5.68. The van der Waals surface area contributed by atoms with Gasteiger partial charge in [0.1, 0.15) is 0 Å². The Balaban J connectivity index is 2.56. The maximum Gasteiger partial charge on any atom is 0.337 e. The average molecular weight is 248 g/mol. The molecule has 0 saturated carbocycles. The summed E-state index contributed by atoms with van der Waals surface area (Å²) in [4.78, 5) is 22.3. The van der Waals surface area contributed by atoms with E-state index < -0.39 is 0 Å². The summed E-state index contributed by atoms with van der Waals surface area (Å²) in [5, 5.41) is 0. The van der Waals surface area contributed by atoms with Crippen LogP contribution in [0, 0.1) is 0 Å². The van der Waals surface area contributed by atoms with Crippen LogP contribution < -0.4 is 0 Å². The molecule has 0 aliphatic rings. The fourth-order valence-electron chi connectivity index (χ4n) is 1.36. The van der Waals surface area contributed by atoms with E-state index in [9.17, 15) is 9.59 Å². The molecule has 0 spiro atoms. The van der Waals surface area contributed by atoms with Gasteiger partial charge in [-0.05, 0) is 24.6 Å².